The number of nitrogens with one attached hydrogen (secondary N) is 1. The third-order valence-corrected chi connectivity index (χ3v) is 4.43. The van der Waals surface area contributed by atoms with E-state index < -0.39 is 16.3 Å². The Bertz CT molecular complexity index is 681. The van der Waals surface area contributed by atoms with E-state index in [1.807, 2.05) is 0 Å². The molecular weight excluding hydrogens is 338 g/mol. The van der Waals surface area contributed by atoms with Crippen molar-refractivity contribution < 1.29 is 19.6 Å². The molecule has 2 rings (SSSR count). The van der Waals surface area contributed by atoms with Crippen LogP contribution in [0.5, 0.6) is 0 Å². The molecule has 8 nitrogen and oxygen atoms in total. The molecule has 0 aromatic heterocycles. The van der Waals surface area contributed by atoms with Gasteiger partial charge in [0.05, 0.1) is 10.3 Å². The number of aliphatic carboxylic acids is 1. The van der Waals surface area contributed by atoms with Gasteiger partial charge < -0.3 is 15.3 Å². The lowest BCUT2D eigenvalue weighted by molar-refractivity contribution is -0.385. The zero-order valence-corrected chi connectivity index (χ0v) is 13.9. The number of nitro benzene ring substituents is 1. The summed E-state index contributed by atoms with van der Waals surface area (Å²) < 4.78 is 0. The Morgan fingerprint density at radius 1 is 1.50 bits per heavy atom. The molecule has 1 aliphatic rings. The maximum absolute atomic E-state index is 12.1. The number of carboxylic acids is 1. The van der Waals surface area contributed by atoms with E-state index in [2.05, 4.69) is 5.32 Å². The summed E-state index contributed by atoms with van der Waals surface area (Å²) in [6, 6.07) is 4.03. The first-order valence-electron chi connectivity index (χ1n) is 7.42. The Hall–Kier alpha value is -2.35. The molecule has 1 saturated heterocycles. The van der Waals surface area contributed by atoms with Crippen molar-refractivity contribution in [1.82, 2.24) is 10.2 Å². The number of carboxylic acid groups (broad SMARTS) is 1. The lowest BCUT2D eigenvalue weighted by Crippen LogP contribution is -2.41. The van der Waals surface area contributed by atoms with Gasteiger partial charge in [-0.15, -0.1) is 0 Å². The minimum atomic E-state index is -0.924. The molecular formula is C15H18ClN3O5. The highest BCUT2D eigenvalue weighted by molar-refractivity contribution is 6.30. The van der Waals surface area contributed by atoms with Gasteiger partial charge in [-0.05, 0) is 25.8 Å². The number of amides is 2. The molecule has 0 spiro atoms. The largest absolute Gasteiger partial charge is 0.481 e. The van der Waals surface area contributed by atoms with Gasteiger partial charge in [-0.1, -0.05) is 17.7 Å². The minimum Gasteiger partial charge on any atom is -0.481 e. The summed E-state index contributed by atoms with van der Waals surface area (Å²) in [6.45, 7) is 2.34. The Balaban J connectivity index is 1.90. The summed E-state index contributed by atoms with van der Waals surface area (Å²) in [4.78, 5) is 35.2. The van der Waals surface area contributed by atoms with Crippen LogP contribution in [0, 0.1) is 15.5 Å². The van der Waals surface area contributed by atoms with Crippen molar-refractivity contribution in [2.75, 3.05) is 19.6 Å². The second kappa shape index (κ2) is 7.04. The van der Waals surface area contributed by atoms with Crippen molar-refractivity contribution in [3.63, 3.8) is 0 Å². The molecule has 24 heavy (non-hydrogen) atoms. The minimum absolute atomic E-state index is 0.0867. The maximum atomic E-state index is 12.1. The van der Waals surface area contributed by atoms with Crippen LogP contribution in [0.1, 0.15) is 18.9 Å². The monoisotopic (exact) mass is 355 g/mol. The van der Waals surface area contributed by atoms with Crippen LogP contribution in [-0.2, 0) is 11.2 Å². The molecule has 0 saturated carbocycles. The number of hydrogen-bond donors (Lipinski definition) is 2. The van der Waals surface area contributed by atoms with Crippen LogP contribution < -0.4 is 5.32 Å². The second-order valence-electron chi connectivity index (χ2n) is 6.05. The maximum Gasteiger partial charge on any atom is 0.317 e. The fourth-order valence-electron chi connectivity index (χ4n) is 2.64. The van der Waals surface area contributed by atoms with Crippen molar-refractivity contribution in [2.45, 2.75) is 19.8 Å². The highest BCUT2D eigenvalue weighted by atomic mass is 35.5. The van der Waals surface area contributed by atoms with E-state index in [0.29, 0.717) is 18.5 Å². The summed E-state index contributed by atoms with van der Waals surface area (Å²) in [5, 5.41) is 23.1. The van der Waals surface area contributed by atoms with Crippen LogP contribution in [0.25, 0.3) is 0 Å². The van der Waals surface area contributed by atoms with E-state index in [-0.39, 0.29) is 36.3 Å². The van der Waals surface area contributed by atoms with Crippen molar-refractivity contribution in [3.05, 3.63) is 38.9 Å². The van der Waals surface area contributed by atoms with E-state index in [4.69, 9.17) is 16.7 Å². The van der Waals surface area contributed by atoms with Gasteiger partial charge in [0, 0.05) is 36.3 Å². The Labute approximate surface area is 143 Å². The molecule has 2 N–H and O–H groups in total. The standard InChI is InChI=1S/C15H18ClN3O5/c1-15(13(20)21)5-7-18(9-15)14(22)17-6-4-10-2-3-11(16)8-12(10)19(23)24/h2-3,8H,4-7,9H2,1H3,(H,17,22)(H,20,21). The first kappa shape index (κ1) is 18.0. The number of likely N-dealkylation sites (tertiary alicyclic amines) is 1. The zero-order valence-electron chi connectivity index (χ0n) is 13.1. The lowest BCUT2D eigenvalue weighted by Gasteiger charge is -2.20. The number of rotatable bonds is 5. The van der Waals surface area contributed by atoms with E-state index in [1.165, 1.54) is 11.0 Å². The normalized spacial score (nSPS) is 20.0. The van der Waals surface area contributed by atoms with Gasteiger partial charge in [0.2, 0.25) is 0 Å². The number of halogens is 1. The smallest absolute Gasteiger partial charge is 0.317 e. The van der Waals surface area contributed by atoms with Crippen LogP contribution in [-0.4, -0.2) is 46.6 Å². The number of nitrogens with zero attached hydrogens (tertiary/aromatic N) is 2. The first-order chi connectivity index (χ1) is 11.2. The zero-order chi connectivity index (χ0) is 17.9. The van der Waals surface area contributed by atoms with E-state index in [9.17, 15) is 19.7 Å². The predicted octanol–water partition coefficient (Wildman–Crippen LogP) is 2.30. The van der Waals surface area contributed by atoms with Gasteiger partial charge in [-0.25, -0.2) is 4.79 Å². The molecule has 0 radical (unpaired) electrons. The molecule has 9 heteroatoms. The Morgan fingerprint density at radius 2 is 2.21 bits per heavy atom. The van der Waals surface area contributed by atoms with Crippen LogP contribution in [0.15, 0.2) is 18.2 Å². The molecule has 1 aliphatic heterocycles. The average molecular weight is 356 g/mol. The van der Waals surface area contributed by atoms with Crippen molar-refractivity contribution in [2.24, 2.45) is 5.41 Å². The van der Waals surface area contributed by atoms with Crippen LogP contribution >= 0.6 is 11.6 Å². The molecule has 130 valence electrons. The number of carbonyl (C=O) groups is 2. The SMILES string of the molecule is CC1(C(=O)O)CCN(C(=O)NCCc2ccc(Cl)cc2[N+](=O)[O-])C1. The van der Waals surface area contributed by atoms with E-state index in [0.717, 1.165) is 0 Å². The van der Waals surface area contributed by atoms with Crippen molar-refractivity contribution >= 4 is 29.3 Å². The highest BCUT2D eigenvalue weighted by Crippen LogP contribution is 2.30. The van der Waals surface area contributed by atoms with Gasteiger partial charge in [-0.3, -0.25) is 14.9 Å². The van der Waals surface area contributed by atoms with Gasteiger partial charge in [0.15, 0.2) is 0 Å². The van der Waals surface area contributed by atoms with Crippen LogP contribution in [0.3, 0.4) is 0 Å². The number of nitro groups is 1. The van der Waals surface area contributed by atoms with Gasteiger partial charge >= 0.3 is 12.0 Å². The fourth-order valence-corrected chi connectivity index (χ4v) is 2.81. The summed E-state index contributed by atoms with van der Waals surface area (Å²) in [6.07, 6.45) is 0.682. The summed E-state index contributed by atoms with van der Waals surface area (Å²) >= 11 is 5.75. The molecule has 1 unspecified atom stereocenters. The fraction of sp³-hybridized carbons (Fsp3) is 0.467. The molecule has 1 fully saturated rings. The molecule has 2 amide bonds. The summed E-state index contributed by atoms with van der Waals surface area (Å²) in [7, 11) is 0. The number of benzene rings is 1. The molecule has 0 bridgehead atoms. The Morgan fingerprint density at radius 3 is 2.79 bits per heavy atom. The van der Waals surface area contributed by atoms with Gasteiger partial charge in [-0.2, -0.15) is 0 Å². The van der Waals surface area contributed by atoms with Gasteiger partial charge in [0.25, 0.3) is 5.69 Å². The summed E-state index contributed by atoms with van der Waals surface area (Å²) in [5.74, 6) is -0.922. The molecule has 1 heterocycles. The molecule has 0 aliphatic carbocycles. The highest BCUT2D eigenvalue weighted by Gasteiger charge is 2.42. The Kier molecular flexibility index (Phi) is 5.28. The predicted molar refractivity (Wildman–Crippen MR) is 87.1 cm³/mol. The topological polar surface area (TPSA) is 113 Å². The van der Waals surface area contributed by atoms with Crippen LogP contribution in [0.2, 0.25) is 5.02 Å². The number of carbonyl (C=O) groups excluding carboxylic acids is 1. The lowest BCUT2D eigenvalue weighted by atomic mass is 9.90. The third kappa shape index (κ3) is 3.94. The number of hydrogen-bond acceptors (Lipinski definition) is 4. The third-order valence-electron chi connectivity index (χ3n) is 4.19. The van der Waals surface area contributed by atoms with Crippen molar-refractivity contribution in [3.8, 4) is 0 Å². The van der Waals surface area contributed by atoms with Crippen LogP contribution in [0.4, 0.5) is 10.5 Å². The molecule has 1 aromatic rings. The summed E-state index contributed by atoms with van der Waals surface area (Å²) in [5.41, 5.74) is -0.537. The van der Waals surface area contributed by atoms with Crippen molar-refractivity contribution in [1.29, 1.82) is 0 Å². The first-order valence-corrected chi connectivity index (χ1v) is 7.80. The van der Waals surface area contributed by atoms with E-state index in [1.54, 1.807) is 19.1 Å². The molecule has 1 aromatic carbocycles. The second-order valence-corrected chi connectivity index (χ2v) is 6.49. The quantitative estimate of drug-likeness (QED) is 0.621. The molecule has 1 atom stereocenters. The number of urea groups is 1. The average Bonchev–Trinajstić information content (AvgIpc) is 2.92. The van der Waals surface area contributed by atoms with E-state index >= 15 is 0 Å². The van der Waals surface area contributed by atoms with Gasteiger partial charge in [0.1, 0.15) is 0 Å².